The third kappa shape index (κ3) is 4.89. The van der Waals surface area contributed by atoms with E-state index in [1.54, 1.807) is 24.3 Å². The van der Waals surface area contributed by atoms with Crippen LogP contribution in [0, 0.1) is 5.82 Å². The summed E-state index contributed by atoms with van der Waals surface area (Å²) in [5.41, 5.74) is 2.65. The average molecular weight is 440 g/mol. The van der Waals surface area contributed by atoms with Crippen molar-refractivity contribution >= 4 is 21.4 Å². The number of sulfonamides is 1. The fourth-order valence-electron chi connectivity index (χ4n) is 3.99. The summed E-state index contributed by atoms with van der Waals surface area (Å²) in [7, 11) is -3.92. The van der Waals surface area contributed by atoms with Gasteiger partial charge in [0.15, 0.2) is 0 Å². The van der Waals surface area contributed by atoms with E-state index in [9.17, 15) is 12.8 Å². The third-order valence-electron chi connectivity index (χ3n) is 5.39. The van der Waals surface area contributed by atoms with Crippen molar-refractivity contribution in [1.29, 1.82) is 0 Å². The molecule has 162 valence electrons. The van der Waals surface area contributed by atoms with Crippen molar-refractivity contribution in [3.8, 4) is 11.1 Å². The number of nitrogens with one attached hydrogen (secondary N) is 2. The second kappa shape index (κ2) is 8.69. The Morgan fingerprint density at radius 1 is 0.903 bits per heavy atom. The summed E-state index contributed by atoms with van der Waals surface area (Å²) in [4.78, 5) is 2.22. The van der Waals surface area contributed by atoms with E-state index in [-0.39, 0.29) is 22.7 Å². The maximum absolute atomic E-state index is 14.5. The molecule has 0 aromatic heterocycles. The molecule has 1 heterocycles. The van der Waals surface area contributed by atoms with Crippen LogP contribution in [0.25, 0.3) is 11.1 Å². The first-order valence-electron chi connectivity index (χ1n) is 10.3. The van der Waals surface area contributed by atoms with Crippen LogP contribution in [0.15, 0.2) is 77.7 Å². The van der Waals surface area contributed by atoms with Crippen molar-refractivity contribution in [2.75, 3.05) is 22.7 Å². The minimum atomic E-state index is -3.92. The number of anilines is 2. The molecule has 2 unspecified atom stereocenters. The van der Waals surface area contributed by atoms with Gasteiger partial charge >= 0.3 is 0 Å². The predicted molar refractivity (Wildman–Crippen MR) is 123 cm³/mol. The van der Waals surface area contributed by atoms with Crippen molar-refractivity contribution in [3.05, 3.63) is 78.6 Å². The second-order valence-corrected chi connectivity index (χ2v) is 9.72. The Bertz CT molecular complexity index is 1140. The number of halogens is 1. The number of nitrogens with zero attached hydrogens (tertiary/aromatic N) is 1. The lowest BCUT2D eigenvalue weighted by Gasteiger charge is -2.37. The van der Waals surface area contributed by atoms with Crippen molar-refractivity contribution in [2.45, 2.75) is 30.8 Å². The van der Waals surface area contributed by atoms with Gasteiger partial charge in [0.1, 0.15) is 5.82 Å². The molecule has 1 saturated heterocycles. The SMILES string of the molecule is CC1CN(c2ccc(F)c(NS(=O)(=O)c3ccc(-c4ccccc4)cc3)c2)CC(C)N1. The molecule has 0 amide bonds. The molecule has 0 aliphatic carbocycles. The quantitative estimate of drug-likeness (QED) is 0.615. The zero-order chi connectivity index (χ0) is 22.0. The Kier molecular flexibility index (Phi) is 5.98. The van der Waals surface area contributed by atoms with Crippen LogP contribution in [-0.2, 0) is 10.0 Å². The Morgan fingerprint density at radius 3 is 2.16 bits per heavy atom. The van der Waals surface area contributed by atoms with Gasteiger partial charge in [-0.3, -0.25) is 4.72 Å². The molecular formula is C24H26FN3O2S. The maximum Gasteiger partial charge on any atom is 0.261 e. The average Bonchev–Trinajstić information content (AvgIpc) is 2.75. The molecule has 0 saturated carbocycles. The summed E-state index contributed by atoms with van der Waals surface area (Å²) >= 11 is 0. The van der Waals surface area contributed by atoms with Crippen molar-refractivity contribution in [3.63, 3.8) is 0 Å². The van der Waals surface area contributed by atoms with Gasteiger partial charge < -0.3 is 10.2 Å². The topological polar surface area (TPSA) is 61.4 Å². The van der Waals surface area contributed by atoms with Crippen molar-refractivity contribution in [1.82, 2.24) is 5.32 Å². The van der Waals surface area contributed by atoms with E-state index in [4.69, 9.17) is 0 Å². The molecule has 7 heteroatoms. The molecule has 0 radical (unpaired) electrons. The first kappa shape index (κ1) is 21.3. The highest BCUT2D eigenvalue weighted by atomic mass is 32.2. The first-order chi connectivity index (χ1) is 14.8. The number of rotatable bonds is 5. The van der Waals surface area contributed by atoms with Crippen LogP contribution in [-0.4, -0.2) is 33.6 Å². The molecule has 0 bridgehead atoms. The van der Waals surface area contributed by atoms with E-state index in [1.165, 1.54) is 18.2 Å². The van der Waals surface area contributed by atoms with E-state index in [2.05, 4.69) is 28.8 Å². The molecule has 3 aromatic carbocycles. The fraction of sp³-hybridized carbons (Fsp3) is 0.250. The van der Waals surface area contributed by atoms with Gasteiger partial charge in [-0.2, -0.15) is 0 Å². The summed E-state index contributed by atoms with van der Waals surface area (Å²) in [5, 5.41) is 3.45. The Labute approximate surface area is 183 Å². The van der Waals surface area contributed by atoms with E-state index >= 15 is 0 Å². The summed E-state index contributed by atoms with van der Waals surface area (Å²) in [6.45, 7) is 5.72. The molecule has 1 aliphatic heterocycles. The number of benzene rings is 3. The molecular weight excluding hydrogens is 413 g/mol. The van der Waals surface area contributed by atoms with Crippen LogP contribution in [0.3, 0.4) is 0 Å². The van der Waals surface area contributed by atoms with Crippen LogP contribution in [0.1, 0.15) is 13.8 Å². The van der Waals surface area contributed by atoms with Gasteiger partial charge in [0.2, 0.25) is 0 Å². The maximum atomic E-state index is 14.5. The van der Waals surface area contributed by atoms with Crippen LogP contribution in [0.4, 0.5) is 15.8 Å². The van der Waals surface area contributed by atoms with E-state index in [0.717, 1.165) is 29.9 Å². The van der Waals surface area contributed by atoms with Gasteiger partial charge in [-0.1, -0.05) is 42.5 Å². The fourth-order valence-corrected chi connectivity index (χ4v) is 5.04. The molecule has 5 nitrogen and oxygen atoms in total. The smallest absolute Gasteiger partial charge is 0.261 e. The highest BCUT2D eigenvalue weighted by molar-refractivity contribution is 7.92. The van der Waals surface area contributed by atoms with Crippen LogP contribution in [0.5, 0.6) is 0 Å². The largest absolute Gasteiger partial charge is 0.368 e. The molecule has 1 aliphatic rings. The zero-order valence-corrected chi connectivity index (χ0v) is 18.4. The number of hydrogen-bond donors (Lipinski definition) is 2. The molecule has 2 atom stereocenters. The predicted octanol–water partition coefficient (Wildman–Crippen LogP) is 4.48. The molecule has 2 N–H and O–H groups in total. The lowest BCUT2D eigenvalue weighted by Crippen LogP contribution is -2.54. The molecule has 1 fully saturated rings. The Morgan fingerprint density at radius 2 is 1.52 bits per heavy atom. The Balaban J connectivity index is 1.56. The molecule has 4 rings (SSSR count). The van der Waals surface area contributed by atoms with Gasteiger partial charge in [-0.15, -0.1) is 0 Å². The van der Waals surface area contributed by atoms with Crippen molar-refractivity contribution < 1.29 is 12.8 Å². The second-order valence-electron chi connectivity index (χ2n) is 8.03. The van der Waals surface area contributed by atoms with Gasteiger partial charge in [0.05, 0.1) is 10.6 Å². The van der Waals surface area contributed by atoms with E-state index in [0.29, 0.717) is 0 Å². The van der Waals surface area contributed by atoms with Gasteiger partial charge in [0, 0.05) is 30.9 Å². The minimum absolute atomic E-state index is 0.0523. The normalized spacial score (nSPS) is 19.3. The lowest BCUT2D eigenvalue weighted by molar-refractivity contribution is 0.407. The van der Waals surface area contributed by atoms with Crippen LogP contribution >= 0.6 is 0 Å². The highest BCUT2D eigenvalue weighted by Gasteiger charge is 2.23. The van der Waals surface area contributed by atoms with E-state index < -0.39 is 15.8 Å². The monoisotopic (exact) mass is 439 g/mol. The minimum Gasteiger partial charge on any atom is -0.368 e. The summed E-state index contributed by atoms with van der Waals surface area (Å²) in [6.07, 6.45) is 0. The van der Waals surface area contributed by atoms with Crippen LogP contribution < -0.4 is 14.9 Å². The van der Waals surface area contributed by atoms with Gasteiger partial charge in [-0.25, -0.2) is 12.8 Å². The third-order valence-corrected chi connectivity index (χ3v) is 6.77. The Hall–Kier alpha value is -2.90. The summed E-state index contributed by atoms with van der Waals surface area (Å²) in [6, 6.07) is 21.4. The summed E-state index contributed by atoms with van der Waals surface area (Å²) < 4.78 is 42.7. The standard InChI is InChI=1S/C24H26FN3O2S/c1-17-15-28(16-18(2)26-17)21-10-13-23(25)24(14-21)27-31(29,30)22-11-8-20(9-12-22)19-6-4-3-5-7-19/h3-14,17-18,26-27H,15-16H2,1-2H3. The van der Waals surface area contributed by atoms with E-state index in [1.807, 2.05) is 30.3 Å². The van der Waals surface area contributed by atoms with Crippen LogP contribution in [0.2, 0.25) is 0 Å². The van der Waals surface area contributed by atoms with Crippen molar-refractivity contribution in [2.24, 2.45) is 0 Å². The molecule has 31 heavy (non-hydrogen) atoms. The lowest BCUT2D eigenvalue weighted by atomic mass is 10.1. The highest BCUT2D eigenvalue weighted by Crippen LogP contribution is 2.27. The number of piperazine rings is 1. The zero-order valence-electron chi connectivity index (χ0n) is 17.5. The van der Waals surface area contributed by atoms with Gasteiger partial charge in [-0.05, 0) is 55.3 Å². The van der Waals surface area contributed by atoms with Gasteiger partial charge in [0.25, 0.3) is 10.0 Å². The molecule has 3 aromatic rings. The first-order valence-corrected chi connectivity index (χ1v) is 11.8. The molecule has 0 spiro atoms. The number of hydrogen-bond acceptors (Lipinski definition) is 4. The summed E-state index contributed by atoms with van der Waals surface area (Å²) in [5.74, 6) is -0.607.